The van der Waals surface area contributed by atoms with E-state index in [-0.39, 0.29) is 15.7 Å². The van der Waals surface area contributed by atoms with Crippen molar-refractivity contribution in [3.8, 4) is 0 Å². The van der Waals surface area contributed by atoms with Crippen molar-refractivity contribution in [2.75, 3.05) is 12.2 Å². The zero-order valence-electron chi connectivity index (χ0n) is 19.0. The molecule has 2 aliphatic rings. The van der Waals surface area contributed by atoms with Gasteiger partial charge in [-0.25, -0.2) is 14.6 Å². The molecule has 0 N–H and O–H groups in total. The number of para-hydroxylation sites is 1. The van der Waals surface area contributed by atoms with Crippen LogP contribution in [0.15, 0.2) is 75.7 Å². The lowest BCUT2D eigenvalue weighted by molar-refractivity contribution is -0.146. The van der Waals surface area contributed by atoms with Crippen LogP contribution in [-0.4, -0.2) is 29.5 Å². The molecule has 1 atom stereocenters. The molecular formula is C25H19N3O6S. The first-order valence-corrected chi connectivity index (χ1v) is 11.5. The van der Waals surface area contributed by atoms with Crippen LogP contribution in [0.3, 0.4) is 0 Å². The number of anilines is 1. The van der Waals surface area contributed by atoms with Gasteiger partial charge in [0, 0.05) is 12.5 Å². The van der Waals surface area contributed by atoms with Crippen LogP contribution in [0.4, 0.5) is 5.69 Å². The number of rotatable bonds is 3. The van der Waals surface area contributed by atoms with E-state index in [2.05, 4.69) is 4.99 Å². The van der Waals surface area contributed by atoms with Crippen molar-refractivity contribution >= 4 is 40.4 Å². The van der Waals surface area contributed by atoms with E-state index in [1.807, 2.05) is 30.3 Å². The van der Waals surface area contributed by atoms with Gasteiger partial charge in [-0.15, -0.1) is 5.06 Å². The number of hydrogen-bond donors (Lipinski definition) is 0. The highest BCUT2D eigenvalue weighted by molar-refractivity contribution is 7.07. The molecule has 1 amide bonds. The number of hydroxylamine groups is 1. The van der Waals surface area contributed by atoms with Gasteiger partial charge in [0.1, 0.15) is 4.53 Å². The quantitative estimate of drug-likeness (QED) is 0.518. The number of methoxy groups -OCH3 is 1. The van der Waals surface area contributed by atoms with Crippen LogP contribution < -0.4 is 20.0 Å². The summed E-state index contributed by atoms with van der Waals surface area (Å²) in [6.07, 6.45) is 0. The topological polar surface area (TPSA) is 107 Å². The lowest BCUT2D eigenvalue weighted by atomic mass is 9.96. The number of aromatic nitrogens is 1. The van der Waals surface area contributed by atoms with Crippen LogP contribution in [0.2, 0.25) is 0 Å². The predicted molar refractivity (Wildman–Crippen MR) is 127 cm³/mol. The highest BCUT2D eigenvalue weighted by Crippen LogP contribution is 2.35. The third kappa shape index (κ3) is 3.50. The molecule has 0 saturated carbocycles. The molecule has 5 rings (SSSR count). The predicted octanol–water partition coefficient (Wildman–Crippen LogP) is 1.60. The van der Waals surface area contributed by atoms with Crippen molar-refractivity contribution in [1.29, 1.82) is 0 Å². The number of hydrogen-bond acceptors (Lipinski definition) is 8. The summed E-state index contributed by atoms with van der Waals surface area (Å²) in [7, 11) is 1.27. The van der Waals surface area contributed by atoms with Gasteiger partial charge in [0.15, 0.2) is 4.80 Å². The van der Waals surface area contributed by atoms with Crippen LogP contribution in [0, 0.1) is 0 Å². The molecule has 2 aliphatic heterocycles. The average molecular weight is 490 g/mol. The Morgan fingerprint density at radius 3 is 2.40 bits per heavy atom. The van der Waals surface area contributed by atoms with E-state index in [1.54, 1.807) is 31.2 Å². The number of fused-ring (bicyclic) bond motifs is 2. The Labute approximate surface area is 202 Å². The minimum Gasteiger partial charge on any atom is -0.466 e. The zero-order valence-corrected chi connectivity index (χ0v) is 19.8. The van der Waals surface area contributed by atoms with Crippen molar-refractivity contribution in [1.82, 2.24) is 4.57 Å². The number of thiazole rings is 1. The lowest BCUT2D eigenvalue weighted by Gasteiger charge is -2.24. The van der Waals surface area contributed by atoms with Crippen molar-refractivity contribution in [2.24, 2.45) is 4.99 Å². The van der Waals surface area contributed by atoms with Gasteiger partial charge in [0.25, 0.3) is 11.5 Å². The summed E-state index contributed by atoms with van der Waals surface area (Å²) in [5.74, 6) is -1.90. The van der Waals surface area contributed by atoms with E-state index < -0.39 is 29.4 Å². The first kappa shape index (κ1) is 22.5. The van der Waals surface area contributed by atoms with Gasteiger partial charge < -0.3 is 9.57 Å². The Kier molecular flexibility index (Phi) is 5.45. The number of esters is 1. The molecule has 0 aliphatic carbocycles. The van der Waals surface area contributed by atoms with Gasteiger partial charge in [-0.1, -0.05) is 59.9 Å². The third-order valence-electron chi connectivity index (χ3n) is 5.76. The highest BCUT2D eigenvalue weighted by Gasteiger charge is 2.38. The largest absolute Gasteiger partial charge is 0.466 e. The maximum atomic E-state index is 13.9. The summed E-state index contributed by atoms with van der Waals surface area (Å²) in [4.78, 5) is 61.6. The van der Waals surface area contributed by atoms with Gasteiger partial charge in [-0.3, -0.25) is 14.2 Å². The summed E-state index contributed by atoms with van der Waals surface area (Å²) < 4.78 is 6.55. The molecule has 1 aromatic heterocycles. The molecular weight excluding hydrogens is 470 g/mol. The summed E-state index contributed by atoms with van der Waals surface area (Å²) in [5.41, 5.74) is 1.80. The first-order chi connectivity index (χ1) is 16.8. The summed E-state index contributed by atoms with van der Waals surface area (Å²) in [6.45, 7) is 2.87. The molecule has 0 radical (unpaired) electrons. The van der Waals surface area contributed by atoms with Gasteiger partial charge in [-0.2, -0.15) is 0 Å². The second-order valence-corrected chi connectivity index (χ2v) is 8.86. The van der Waals surface area contributed by atoms with Crippen molar-refractivity contribution in [2.45, 2.75) is 19.9 Å². The Balaban J connectivity index is 1.82. The molecule has 3 aromatic rings. The maximum Gasteiger partial charge on any atom is 0.338 e. The average Bonchev–Trinajstić information content (AvgIpc) is 3.31. The maximum absolute atomic E-state index is 13.9. The minimum atomic E-state index is -0.787. The van der Waals surface area contributed by atoms with Crippen molar-refractivity contribution < 1.29 is 24.0 Å². The second-order valence-electron chi connectivity index (χ2n) is 7.88. The highest BCUT2D eigenvalue weighted by atomic mass is 32.1. The van der Waals surface area contributed by atoms with Gasteiger partial charge in [0.05, 0.1) is 35.7 Å². The van der Waals surface area contributed by atoms with Crippen molar-refractivity contribution in [3.63, 3.8) is 0 Å². The summed E-state index contributed by atoms with van der Waals surface area (Å²) >= 11 is 1.04. The summed E-state index contributed by atoms with van der Waals surface area (Å²) in [6, 6.07) is 15.0. The van der Waals surface area contributed by atoms with Gasteiger partial charge in [-0.05, 0) is 18.6 Å². The second kappa shape index (κ2) is 8.48. The minimum absolute atomic E-state index is 0.109. The number of benzene rings is 2. The molecule has 0 bridgehead atoms. The number of carbonyl (C=O) groups is 3. The molecule has 35 heavy (non-hydrogen) atoms. The molecule has 9 nitrogen and oxygen atoms in total. The number of amides is 1. The third-order valence-corrected chi connectivity index (χ3v) is 6.81. The Morgan fingerprint density at radius 2 is 1.71 bits per heavy atom. The first-order valence-electron chi connectivity index (χ1n) is 10.6. The van der Waals surface area contributed by atoms with Crippen LogP contribution in [0.5, 0.6) is 0 Å². The van der Waals surface area contributed by atoms with Crippen LogP contribution in [0.25, 0.3) is 5.57 Å². The van der Waals surface area contributed by atoms with E-state index >= 15 is 0 Å². The van der Waals surface area contributed by atoms with E-state index in [0.717, 1.165) is 16.4 Å². The normalized spacial score (nSPS) is 18.1. The monoisotopic (exact) mass is 489 g/mol. The van der Waals surface area contributed by atoms with E-state index in [9.17, 15) is 19.2 Å². The fourth-order valence-electron chi connectivity index (χ4n) is 4.32. The SMILES string of the molecule is COC(=O)C1=C(C)N=c2s/c(=C3/C(=O)N(OC(C)=O)c4ccccc43)c(=O)n2[C@H]1c1ccccc1. The lowest BCUT2D eigenvalue weighted by Crippen LogP contribution is -2.41. The van der Waals surface area contributed by atoms with E-state index in [0.29, 0.717) is 27.3 Å². The smallest absolute Gasteiger partial charge is 0.338 e. The van der Waals surface area contributed by atoms with Crippen LogP contribution in [0.1, 0.15) is 31.0 Å². The fraction of sp³-hybridized carbons (Fsp3) is 0.160. The molecule has 0 unspecified atom stereocenters. The molecule has 0 saturated heterocycles. The Bertz CT molecular complexity index is 1620. The molecule has 2 aromatic carbocycles. The molecule has 0 spiro atoms. The Hall–Kier alpha value is -4.31. The number of nitrogens with zero attached hydrogens (tertiary/aromatic N) is 3. The molecule has 0 fully saturated rings. The fourth-order valence-corrected chi connectivity index (χ4v) is 5.46. The molecule has 176 valence electrons. The molecule has 3 heterocycles. The van der Waals surface area contributed by atoms with Crippen LogP contribution >= 0.6 is 11.3 Å². The Morgan fingerprint density at radius 1 is 1.03 bits per heavy atom. The number of allylic oxidation sites excluding steroid dienone is 1. The standard InChI is InChI=1S/C25H19N3O6S/c1-13-18(24(32)33-3)20(15-9-5-4-6-10-15)27-23(31)21(35-25(27)26-13)19-16-11-7-8-12-17(16)28(22(19)30)34-14(2)29/h4-12,20H,1-3H3/b21-19+/t20-/m0/s1. The molecule has 10 heteroatoms. The number of carbonyl (C=O) groups excluding carboxylic acids is 3. The van der Waals surface area contributed by atoms with Gasteiger partial charge in [0.2, 0.25) is 0 Å². The van der Waals surface area contributed by atoms with E-state index in [1.165, 1.54) is 18.6 Å². The zero-order chi connectivity index (χ0) is 24.9. The summed E-state index contributed by atoms with van der Waals surface area (Å²) in [5, 5.41) is 0.894. The van der Waals surface area contributed by atoms with Gasteiger partial charge >= 0.3 is 11.9 Å². The number of ether oxygens (including phenoxy) is 1. The van der Waals surface area contributed by atoms with E-state index in [4.69, 9.17) is 9.57 Å². The van der Waals surface area contributed by atoms with Crippen LogP contribution in [-0.2, 0) is 24.0 Å². The van der Waals surface area contributed by atoms with Crippen molar-refractivity contribution in [3.05, 3.63) is 96.7 Å².